The molecule has 0 aliphatic carbocycles. The van der Waals surface area contributed by atoms with Crippen LogP contribution in [0.5, 0.6) is 0 Å². The van der Waals surface area contributed by atoms with Crippen LogP contribution < -0.4 is 0 Å². The number of carbonyl (C=O) groups is 2. The Morgan fingerprint density at radius 1 is 1.17 bits per heavy atom. The Labute approximate surface area is 113 Å². The minimum Gasteiger partial charge on any atom is -0.339 e. The van der Waals surface area contributed by atoms with Crippen molar-refractivity contribution < 1.29 is 9.59 Å². The van der Waals surface area contributed by atoms with Gasteiger partial charge in [0, 0.05) is 38.9 Å². The normalized spacial score (nSPS) is 17.5. The molecule has 1 heterocycles. The molecule has 0 saturated carbocycles. The summed E-state index contributed by atoms with van der Waals surface area (Å²) in [6.07, 6.45) is 0. The third-order valence-electron chi connectivity index (χ3n) is 2.96. The second-order valence-electron chi connectivity index (χ2n) is 4.74. The van der Waals surface area contributed by atoms with Crippen molar-refractivity contribution in [3.8, 4) is 0 Å². The van der Waals surface area contributed by atoms with Crippen LogP contribution in [-0.4, -0.2) is 58.8 Å². The quantitative estimate of drug-likeness (QED) is 0.725. The van der Waals surface area contributed by atoms with E-state index in [1.807, 2.05) is 18.7 Å². The summed E-state index contributed by atoms with van der Waals surface area (Å²) in [5, 5.41) is -0.0365. The van der Waals surface area contributed by atoms with E-state index < -0.39 is 0 Å². The first-order valence-corrected chi connectivity index (χ1v) is 7.27. The number of hydrogen-bond donors (Lipinski definition) is 0. The summed E-state index contributed by atoms with van der Waals surface area (Å²) in [5.74, 6) is 1.08. The van der Waals surface area contributed by atoms with Crippen LogP contribution in [-0.2, 0) is 9.59 Å². The second kappa shape index (κ2) is 6.83. The van der Waals surface area contributed by atoms with Crippen molar-refractivity contribution in [2.45, 2.75) is 26.0 Å². The average Bonchev–Trinajstić information content (AvgIpc) is 2.35. The Balaban J connectivity index is 2.39. The molecule has 0 aromatic carbocycles. The summed E-state index contributed by atoms with van der Waals surface area (Å²) in [4.78, 5) is 27.0. The van der Waals surface area contributed by atoms with Crippen molar-refractivity contribution in [2.24, 2.45) is 0 Å². The summed E-state index contributed by atoms with van der Waals surface area (Å²) in [5.41, 5.74) is 1.08. The lowest BCUT2D eigenvalue weighted by molar-refractivity contribution is -0.137. The maximum atomic E-state index is 12.2. The molecule has 1 aliphatic heterocycles. The van der Waals surface area contributed by atoms with Gasteiger partial charge >= 0.3 is 0 Å². The van der Waals surface area contributed by atoms with Gasteiger partial charge in [-0.3, -0.25) is 9.59 Å². The molecule has 1 rings (SSSR count). The maximum Gasteiger partial charge on any atom is 0.235 e. The van der Waals surface area contributed by atoms with Gasteiger partial charge in [-0.05, 0) is 13.8 Å². The van der Waals surface area contributed by atoms with E-state index in [0.29, 0.717) is 26.2 Å². The molecule has 0 aromatic rings. The van der Waals surface area contributed by atoms with Gasteiger partial charge in [0.15, 0.2) is 0 Å². The molecule has 18 heavy (non-hydrogen) atoms. The Morgan fingerprint density at radius 3 is 2.11 bits per heavy atom. The molecule has 102 valence electrons. The van der Waals surface area contributed by atoms with Gasteiger partial charge in [0.2, 0.25) is 11.8 Å². The Hall–Kier alpha value is -0.970. The highest BCUT2D eigenvalue weighted by Crippen LogP contribution is 2.17. The Bertz CT molecular complexity index is 336. The first-order chi connectivity index (χ1) is 8.41. The van der Waals surface area contributed by atoms with Crippen LogP contribution in [0.3, 0.4) is 0 Å². The molecule has 0 radical (unpaired) electrons. The molecule has 2 amide bonds. The third kappa shape index (κ3) is 4.37. The summed E-state index contributed by atoms with van der Waals surface area (Å²) in [7, 11) is 0. The van der Waals surface area contributed by atoms with Crippen LogP contribution in [0.1, 0.15) is 20.8 Å². The van der Waals surface area contributed by atoms with Crippen molar-refractivity contribution >= 4 is 23.6 Å². The summed E-state index contributed by atoms with van der Waals surface area (Å²) in [6.45, 7) is 11.9. The van der Waals surface area contributed by atoms with Crippen LogP contribution in [0, 0.1) is 0 Å². The van der Waals surface area contributed by atoms with Crippen molar-refractivity contribution in [3.05, 3.63) is 12.2 Å². The van der Waals surface area contributed by atoms with Crippen molar-refractivity contribution in [1.29, 1.82) is 0 Å². The molecular weight excluding hydrogens is 248 g/mol. The fourth-order valence-electron chi connectivity index (χ4n) is 1.84. The summed E-state index contributed by atoms with van der Waals surface area (Å²) >= 11 is 1.62. The molecule has 1 saturated heterocycles. The van der Waals surface area contributed by atoms with Crippen LogP contribution in [0.4, 0.5) is 0 Å². The molecule has 0 aromatic heterocycles. The molecule has 5 heteroatoms. The summed E-state index contributed by atoms with van der Waals surface area (Å²) in [6, 6.07) is 0. The van der Waals surface area contributed by atoms with Crippen LogP contribution in [0.15, 0.2) is 12.2 Å². The van der Waals surface area contributed by atoms with Gasteiger partial charge in [-0.1, -0.05) is 12.2 Å². The fraction of sp³-hybridized carbons (Fsp3) is 0.692. The number of nitrogens with zero attached hydrogens (tertiary/aromatic N) is 2. The summed E-state index contributed by atoms with van der Waals surface area (Å²) < 4.78 is 0. The highest BCUT2D eigenvalue weighted by molar-refractivity contribution is 8.00. The molecule has 1 atom stereocenters. The third-order valence-corrected chi connectivity index (χ3v) is 4.33. The van der Waals surface area contributed by atoms with E-state index in [-0.39, 0.29) is 17.1 Å². The van der Waals surface area contributed by atoms with Crippen molar-refractivity contribution in [3.63, 3.8) is 0 Å². The molecule has 1 fully saturated rings. The molecule has 0 N–H and O–H groups in total. The molecule has 1 unspecified atom stereocenters. The molecule has 4 nitrogen and oxygen atoms in total. The minimum absolute atomic E-state index is 0.0365. The predicted octanol–water partition coefficient (Wildman–Crippen LogP) is 1.37. The molecule has 1 aliphatic rings. The van der Waals surface area contributed by atoms with Crippen molar-refractivity contribution in [1.82, 2.24) is 9.80 Å². The average molecular weight is 270 g/mol. The van der Waals surface area contributed by atoms with Gasteiger partial charge in [-0.15, -0.1) is 11.8 Å². The van der Waals surface area contributed by atoms with Gasteiger partial charge in [-0.2, -0.15) is 0 Å². The first kappa shape index (κ1) is 15.1. The zero-order valence-corrected chi connectivity index (χ0v) is 12.3. The lowest BCUT2D eigenvalue weighted by Crippen LogP contribution is -2.51. The first-order valence-electron chi connectivity index (χ1n) is 6.22. The molecule has 0 spiro atoms. The largest absolute Gasteiger partial charge is 0.339 e. The Morgan fingerprint density at radius 2 is 1.67 bits per heavy atom. The van der Waals surface area contributed by atoms with Gasteiger partial charge < -0.3 is 9.80 Å². The zero-order chi connectivity index (χ0) is 13.7. The van der Waals surface area contributed by atoms with Crippen molar-refractivity contribution in [2.75, 3.05) is 31.9 Å². The highest BCUT2D eigenvalue weighted by atomic mass is 32.2. The predicted molar refractivity (Wildman–Crippen MR) is 75.6 cm³/mol. The minimum atomic E-state index is -0.0365. The van der Waals surface area contributed by atoms with E-state index in [0.717, 1.165) is 11.3 Å². The van der Waals surface area contributed by atoms with Gasteiger partial charge in [0.1, 0.15) is 0 Å². The van der Waals surface area contributed by atoms with Crippen LogP contribution >= 0.6 is 11.8 Å². The molecule has 0 bridgehead atoms. The van der Waals surface area contributed by atoms with Gasteiger partial charge in [0.05, 0.1) is 5.25 Å². The van der Waals surface area contributed by atoms with Gasteiger partial charge in [0.25, 0.3) is 0 Å². The smallest absolute Gasteiger partial charge is 0.235 e. The van der Waals surface area contributed by atoms with E-state index in [9.17, 15) is 9.59 Å². The topological polar surface area (TPSA) is 40.6 Å². The SMILES string of the molecule is C=C(C)CSC(C)C(=O)N1CCN(C(C)=O)CC1. The highest BCUT2D eigenvalue weighted by Gasteiger charge is 2.25. The number of thioether (sulfide) groups is 1. The van der Waals surface area contributed by atoms with Crippen LogP contribution in [0.2, 0.25) is 0 Å². The Kier molecular flexibility index (Phi) is 5.72. The van der Waals surface area contributed by atoms with Crippen LogP contribution in [0.25, 0.3) is 0 Å². The zero-order valence-electron chi connectivity index (χ0n) is 11.4. The monoisotopic (exact) mass is 270 g/mol. The number of piperazine rings is 1. The van der Waals surface area contributed by atoms with E-state index in [4.69, 9.17) is 0 Å². The fourth-order valence-corrected chi connectivity index (χ4v) is 2.66. The maximum absolute atomic E-state index is 12.2. The standard InChI is InChI=1S/C13H22N2O2S/c1-10(2)9-18-11(3)13(17)15-7-5-14(6-8-15)12(4)16/h11H,1,5-9H2,2-4H3. The van der Waals surface area contributed by atoms with E-state index in [2.05, 4.69) is 6.58 Å². The molecular formula is C13H22N2O2S. The number of amides is 2. The van der Waals surface area contributed by atoms with E-state index >= 15 is 0 Å². The lowest BCUT2D eigenvalue weighted by atomic mass is 10.3. The van der Waals surface area contributed by atoms with Gasteiger partial charge in [-0.25, -0.2) is 0 Å². The van der Waals surface area contributed by atoms with E-state index in [1.54, 1.807) is 23.6 Å². The number of hydrogen-bond acceptors (Lipinski definition) is 3. The van der Waals surface area contributed by atoms with E-state index in [1.165, 1.54) is 0 Å². The second-order valence-corrected chi connectivity index (χ2v) is 6.07. The number of rotatable bonds is 4. The lowest BCUT2D eigenvalue weighted by Gasteiger charge is -2.35. The number of carbonyl (C=O) groups excluding carboxylic acids is 2.